The first-order valence-corrected chi connectivity index (χ1v) is 16.7. The van der Waals surface area contributed by atoms with Gasteiger partial charge in [0.1, 0.15) is 0 Å². The first-order chi connectivity index (χ1) is 27.7. The van der Waals surface area contributed by atoms with Gasteiger partial charge < -0.3 is 4.57 Å². The molecule has 0 radical (unpaired) electrons. The van der Waals surface area contributed by atoms with E-state index in [1.165, 1.54) is 26.2 Å². The fraction of sp³-hybridized carbons (Fsp3) is 0. The highest BCUT2D eigenvalue weighted by atomic mass is 32.1. The Balaban J connectivity index is 1.23. The van der Waals surface area contributed by atoms with Crippen molar-refractivity contribution < 1.29 is 9.60 Å². The van der Waals surface area contributed by atoms with E-state index in [1.807, 2.05) is 24.3 Å². The summed E-state index contributed by atoms with van der Waals surface area (Å²) in [5, 5.41) is 2.53. The van der Waals surface area contributed by atoms with Gasteiger partial charge in [0, 0.05) is 54.5 Å². The molecule has 0 atom stereocenters. The highest BCUT2D eigenvalue weighted by Crippen LogP contribution is 2.41. The van der Waals surface area contributed by atoms with E-state index in [0.29, 0.717) is 22.6 Å². The summed E-state index contributed by atoms with van der Waals surface area (Å²) in [6, 6.07) is 30.5. The number of benzene rings is 6. The van der Waals surface area contributed by atoms with Gasteiger partial charge in [-0.2, -0.15) is 0 Å². The van der Waals surface area contributed by atoms with Gasteiger partial charge in [-0.3, -0.25) is 0 Å². The minimum absolute atomic E-state index is 0.0542. The van der Waals surface area contributed by atoms with E-state index >= 15 is 0 Å². The van der Waals surface area contributed by atoms with Crippen LogP contribution in [0.5, 0.6) is 0 Å². The summed E-state index contributed by atoms with van der Waals surface area (Å²) in [5.41, 5.74) is 3.85. The predicted octanol–water partition coefficient (Wildman–Crippen LogP) is 10.8. The molecule has 4 aromatic heterocycles. The molecule has 0 N–H and O–H groups in total. The lowest BCUT2D eigenvalue weighted by Crippen LogP contribution is -2.04. The van der Waals surface area contributed by atoms with Crippen molar-refractivity contribution in [3.63, 3.8) is 0 Å². The molecule has 10 rings (SSSR count). The van der Waals surface area contributed by atoms with Crippen molar-refractivity contribution in [2.45, 2.75) is 0 Å². The van der Waals surface area contributed by atoms with Crippen LogP contribution in [0.4, 0.5) is 0 Å². The van der Waals surface area contributed by atoms with Crippen LogP contribution in [0.2, 0.25) is 0 Å². The second-order valence-electron chi connectivity index (χ2n) is 11.6. The maximum Gasteiger partial charge on any atom is 0.201 e. The van der Waals surface area contributed by atoms with E-state index in [4.69, 9.17) is 24.5 Å². The summed E-state index contributed by atoms with van der Waals surface area (Å²) in [6.07, 6.45) is 3.21. The zero-order valence-corrected chi connectivity index (χ0v) is 26.9. The Morgan fingerprint density at radius 2 is 1.20 bits per heavy atom. The highest BCUT2D eigenvalue weighted by molar-refractivity contribution is 7.26. The number of thiophene rings is 1. The molecule has 7 heteroatoms. The number of aromatic nitrogens is 6. The SMILES string of the molecule is [2H]c1cc([2H])c2c(c1[2H])c1c([2H])c([2H])c([2H])c([2H])c1n2-c1ccccc1-c1nc(-c2cccc(-c3cccc4c3sc3ccccc34)c2)nc(-c2ncccn2)n1. The molecule has 234 valence electrons. The average molecular weight is 666 g/mol. The molecule has 0 aliphatic rings. The number of para-hydroxylation sites is 3. The Bertz CT molecular complexity index is 3290. The maximum atomic E-state index is 9.05. The molecule has 0 bridgehead atoms. The number of hydrogen-bond acceptors (Lipinski definition) is 6. The molecule has 0 saturated carbocycles. The van der Waals surface area contributed by atoms with Gasteiger partial charge in [0.05, 0.1) is 26.3 Å². The van der Waals surface area contributed by atoms with Crippen LogP contribution in [0.15, 0.2) is 158 Å². The lowest BCUT2D eigenvalue weighted by atomic mass is 10.0. The normalized spacial score (nSPS) is 13.6. The van der Waals surface area contributed by atoms with Crippen molar-refractivity contribution in [3.8, 4) is 51.2 Å². The molecule has 0 aliphatic carbocycles. The Hall–Kier alpha value is -6.57. The van der Waals surface area contributed by atoms with Crippen LogP contribution in [0.25, 0.3) is 93.2 Å². The number of rotatable bonds is 5. The van der Waals surface area contributed by atoms with Crippen LogP contribution in [0, 0.1) is 0 Å². The Kier molecular flexibility index (Phi) is 5.11. The van der Waals surface area contributed by atoms with Gasteiger partial charge in [-0.15, -0.1) is 11.3 Å². The number of fused-ring (bicyclic) bond motifs is 6. The van der Waals surface area contributed by atoms with E-state index in [0.717, 1.165) is 11.1 Å². The summed E-state index contributed by atoms with van der Waals surface area (Å²) in [6.45, 7) is 0. The number of hydrogen-bond donors (Lipinski definition) is 0. The van der Waals surface area contributed by atoms with Crippen molar-refractivity contribution >= 4 is 53.3 Å². The second-order valence-corrected chi connectivity index (χ2v) is 12.6. The molecule has 0 unspecified atom stereocenters. The standard InChI is InChI=1S/C43H26N6S/c1-5-20-35-30(14-1)31-15-2-6-21-36(31)49(35)37-22-7-3-17-34(37)41-46-40(47-43(48-41)42-44-24-11-25-45-42)28-13-9-12-27(26-28)29-18-10-19-33-32-16-4-8-23-38(32)50-39(29)33/h1-26H/i1D,2D,5D,14D,15D,20D,21D. The lowest BCUT2D eigenvalue weighted by Gasteiger charge is -2.14. The smallest absolute Gasteiger partial charge is 0.201 e. The molecule has 0 amide bonds. The van der Waals surface area contributed by atoms with Crippen molar-refractivity contribution in [3.05, 3.63) is 158 Å². The molecular weight excluding hydrogens is 633 g/mol. The van der Waals surface area contributed by atoms with E-state index in [-0.39, 0.29) is 69.5 Å². The first-order valence-electron chi connectivity index (χ1n) is 19.3. The van der Waals surface area contributed by atoms with Gasteiger partial charge in [-0.25, -0.2) is 24.9 Å². The fourth-order valence-corrected chi connectivity index (χ4v) is 7.74. The molecular formula is C43H26N6S. The summed E-state index contributed by atoms with van der Waals surface area (Å²) in [7, 11) is 0. The number of nitrogens with zero attached hydrogens (tertiary/aromatic N) is 6. The zero-order valence-electron chi connectivity index (χ0n) is 33.1. The highest BCUT2D eigenvalue weighted by Gasteiger charge is 2.20. The summed E-state index contributed by atoms with van der Waals surface area (Å²) >= 11 is 1.75. The largest absolute Gasteiger partial charge is 0.309 e. The molecule has 0 spiro atoms. The van der Waals surface area contributed by atoms with Crippen molar-refractivity contribution in [1.29, 1.82) is 0 Å². The van der Waals surface area contributed by atoms with Gasteiger partial charge in [-0.05, 0) is 53.5 Å². The fourth-order valence-electron chi connectivity index (χ4n) is 6.51. The van der Waals surface area contributed by atoms with Crippen LogP contribution in [0.3, 0.4) is 0 Å². The van der Waals surface area contributed by atoms with Crippen molar-refractivity contribution in [1.82, 2.24) is 29.5 Å². The maximum absolute atomic E-state index is 9.05. The molecule has 6 aromatic carbocycles. The van der Waals surface area contributed by atoms with E-state index in [1.54, 1.807) is 58.6 Å². The monoisotopic (exact) mass is 665 g/mol. The molecule has 6 nitrogen and oxygen atoms in total. The lowest BCUT2D eigenvalue weighted by molar-refractivity contribution is 1.03. The topological polar surface area (TPSA) is 69.4 Å². The van der Waals surface area contributed by atoms with E-state index in [2.05, 4.69) is 52.4 Å². The van der Waals surface area contributed by atoms with Gasteiger partial charge in [-0.1, -0.05) is 103 Å². The third kappa shape index (κ3) is 4.59. The van der Waals surface area contributed by atoms with E-state index in [9.17, 15) is 0 Å². The summed E-state index contributed by atoms with van der Waals surface area (Å²) in [5.74, 6) is 1.05. The van der Waals surface area contributed by atoms with Crippen LogP contribution in [-0.2, 0) is 0 Å². The first kappa shape index (κ1) is 22.1. The minimum Gasteiger partial charge on any atom is -0.309 e. The molecule has 4 heterocycles. The van der Waals surface area contributed by atoms with Gasteiger partial charge in [0.2, 0.25) is 5.82 Å². The second kappa shape index (κ2) is 11.5. The Morgan fingerprint density at radius 3 is 2.14 bits per heavy atom. The summed E-state index contributed by atoms with van der Waals surface area (Å²) < 4.78 is 65.2. The van der Waals surface area contributed by atoms with Crippen molar-refractivity contribution in [2.24, 2.45) is 0 Å². The van der Waals surface area contributed by atoms with Gasteiger partial charge >= 0.3 is 0 Å². The zero-order chi connectivity index (χ0) is 39.1. The molecule has 50 heavy (non-hydrogen) atoms. The Labute approximate surface area is 300 Å². The molecule has 0 saturated heterocycles. The molecule has 0 aliphatic heterocycles. The average Bonchev–Trinajstić information content (AvgIpc) is 3.82. The third-order valence-corrected chi connectivity index (χ3v) is 9.92. The van der Waals surface area contributed by atoms with Crippen LogP contribution in [-0.4, -0.2) is 29.5 Å². The van der Waals surface area contributed by atoms with E-state index < -0.39 is 12.1 Å². The van der Waals surface area contributed by atoms with Crippen molar-refractivity contribution in [2.75, 3.05) is 0 Å². The van der Waals surface area contributed by atoms with Crippen LogP contribution in [0.1, 0.15) is 9.60 Å². The quantitative estimate of drug-likeness (QED) is 0.183. The Morgan fingerprint density at radius 1 is 0.500 bits per heavy atom. The van der Waals surface area contributed by atoms with Gasteiger partial charge in [0.15, 0.2) is 17.5 Å². The van der Waals surface area contributed by atoms with Crippen LogP contribution >= 0.6 is 11.3 Å². The summed E-state index contributed by atoms with van der Waals surface area (Å²) in [4.78, 5) is 23.7. The minimum atomic E-state index is -0.471. The molecule has 0 fully saturated rings. The predicted molar refractivity (Wildman–Crippen MR) is 204 cm³/mol. The third-order valence-electron chi connectivity index (χ3n) is 8.70. The molecule has 10 aromatic rings. The van der Waals surface area contributed by atoms with Gasteiger partial charge in [0.25, 0.3) is 0 Å². The van der Waals surface area contributed by atoms with Crippen LogP contribution < -0.4 is 0 Å².